The Morgan fingerprint density at radius 1 is 1.19 bits per heavy atom. The lowest BCUT2D eigenvalue weighted by molar-refractivity contribution is 0.0949. The lowest BCUT2D eigenvalue weighted by Crippen LogP contribution is -2.24. The smallest absolute Gasteiger partial charge is 0.270 e. The van der Waals surface area contributed by atoms with E-state index >= 15 is 0 Å². The van der Waals surface area contributed by atoms with Gasteiger partial charge in [-0.25, -0.2) is 4.98 Å². The van der Waals surface area contributed by atoms with Crippen molar-refractivity contribution in [1.82, 2.24) is 30.0 Å². The first-order valence-corrected chi connectivity index (χ1v) is 11.8. The molecular formula is C22H22N6OS2. The quantitative estimate of drug-likeness (QED) is 0.397. The molecule has 0 unspecified atom stereocenters. The lowest BCUT2D eigenvalue weighted by atomic mass is 10.2. The van der Waals surface area contributed by atoms with Crippen molar-refractivity contribution in [3.05, 3.63) is 70.4 Å². The Hall–Kier alpha value is -3.04. The molecule has 0 aliphatic carbocycles. The Morgan fingerprint density at radius 2 is 2.06 bits per heavy atom. The second-order valence-electron chi connectivity index (χ2n) is 6.84. The first-order chi connectivity index (χ1) is 15.2. The van der Waals surface area contributed by atoms with Crippen LogP contribution in [0.1, 0.15) is 34.4 Å². The van der Waals surface area contributed by atoms with Gasteiger partial charge in [-0.15, -0.1) is 21.5 Å². The van der Waals surface area contributed by atoms with Crippen LogP contribution in [0, 0.1) is 6.92 Å². The van der Waals surface area contributed by atoms with Gasteiger partial charge in [0.25, 0.3) is 5.91 Å². The molecule has 158 valence electrons. The number of rotatable bonds is 8. The third-order valence-corrected chi connectivity index (χ3v) is 6.53. The van der Waals surface area contributed by atoms with Gasteiger partial charge in [0.05, 0.1) is 11.4 Å². The standard InChI is InChI=1S/C22H22N6OS2/c1-3-10-24-21(29)17-13-30-19(25-17)14-31-22-27-26-20(16-8-6-11-23-12-16)28(22)18-9-5-4-7-15(18)2/h4-9,11-13H,3,10,14H2,1-2H3,(H,24,29). The summed E-state index contributed by atoms with van der Waals surface area (Å²) in [5.74, 6) is 1.21. The van der Waals surface area contributed by atoms with E-state index in [0.717, 1.165) is 39.2 Å². The molecule has 3 heterocycles. The monoisotopic (exact) mass is 450 g/mol. The highest BCUT2D eigenvalue weighted by Crippen LogP contribution is 2.31. The van der Waals surface area contributed by atoms with Gasteiger partial charge < -0.3 is 5.32 Å². The van der Waals surface area contributed by atoms with E-state index in [1.807, 2.05) is 31.2 Å². The molecule has 0 aliphatic rings. The van der Waals surface area contributed by atoms with Crippen molar-refractivity contribution in [3.8, 4) is 17.1 Å². The number of hydrogen-bond acceptors (Lipinski definition) is 7. The van der Waals surface area contributed by atoms with E-state index in [9.17, 15) is 4.79 Å². The van der Waals surface area contributed by atoms with Crippen LogP contribution < -0.4 is 5.32 Å². The van der Waals surface area contributed by atoms with Gasteiger partial charge in [-0.2, -0.15) is 0 Å². The van der Waals surface area contributed by atoms with Crippen LogP contribution in [-0.2, 0) is 5.75 Å². The first kappa shape index (κ1) is 21.2. The molecule has 31 heavy (non-hydrogen) atoms. The van der Waals surface area contributed by atoms with Crippen molar-refractivity contribution in [2.75, 3.05) is 6.54 Å². The van der Waals surface area contributed by atoms with Gasteiger partial charge in [0.1, 0.15) is 10.7 Å². The summed E-state index contributed by atoms with van der Waals surface area (Å²) in [4.78, 5) is 20.8. The number of thiazole rings is 1. The number of nitrogens with zero attached hydrogens (tertiary/aromatic N) is 5. The molecule has 1 amide bonds. The van der Waals surface area contributed by atoms with Gasteiger partial charge in [-0.3, -0.25) is 14.3 Å². The fourth-order valence-corrected chi connectivity index (χ4v) is 4.75. The Morgan fingerprint density at radius 3 is 2.84 bits per heavy atom. The Balaban J connectivity index is 1.61. The van der Waals surface area contributed by atoms with E-state index < -0.39 is 0 Å². The van der Waals surface area contributed by atoms with E-state index in [2.05, 4.69) is 49.1 Å². The number of nitrogens with one attached hydrogen (secondary N) is 1. The van der Waals surface area contributed by atoms with Crippen molar-refractivity contribution < 1.29 is 4.79 Å². The number of para-hydroxylation sites is 1. The van der Waals surface area contributed by atoms with Crippen LogP contribution in [-0.4, -0.2) is 37.2 Å². The summed E-state index contributed by atoms with van der Waals surface area (Å²) in [5.41, 5.74) is 3.51. The zero-order valence-electron chi connectivity index (χ0n) is 17.3. The molecule has 0 bridgehead atoms. The maximum Gasteiger partial charge on any atom is 0.270 e. The highest BCUT2D eigenvalue weighted by molar-refractivity contribution is 7.98. The maximum absolute atomic E-state index is 12.1. The number of hydrogen-bond donors (Lipinski definition) is 1. The summed E-state index contributed by atoms with van der Waals surface area (Å²) < 4.78 is 2.06. The van der Waals surface area contributed by atoms with Gasteiger partial charge >= 0.3 is 0 Å². The minimum absolute atomic E-state index is 0.128. The summed E-state index contributed by atoms with van der Waals surface area (Å²) >= 11 is 3.03. The minimum atomic E-state index is -0.128. The van der Waals surface area contributed by atoms with Gasteiger partial charge in [0.2, 0.25) is 0 Å². The number of carbonyl (C=O) groups is 1. The highest BCUT2D eigenvalue weighted by atomic mass is 32.2. The molecule has 9 heteroatoms. The summed E-state index contributed by atoms with van der Waals surface area (Å²) in [6, 6.07) is 12.0. The van der Waals surface area contributed by atoms with Crippen LogP contribution >= 0.6 is 23.1 Å². The molecule has 4 rings (SSSR count). The SMILES string of the molecule is CCCNC(=O)c1csc(CSc2nnc(-c3cccnc3)n2-c2ccccc2C)n1. The van der Waals surface area contributed by atoms with E-state index in [1.54, 1.807) is 29.5 Å². The van der Waals surface area contributed by atoms with E-state index in [0.29, 0.717) is 18.0 Å². The second-order valence-corrected chi connectivity index (χ2v) is 8.73. The largest absolute Gasteiger partial charge is 0.351 e. The molecule has 0 saturated carbocycles. The van der Waals surface area contributed by atoms with Crippen LogP contribution in [0.2, 0.25) is 0 Å². The predicted octanol–water partition coefficient (Wildman–Crippen LogP) is 4.53. The topological polar surface area (TPSA) is 85.6 Å². The molecule has 0 atom stereocenters. The molecule has 1 aromatic carbocycles. The molecule has 1 N–H and O–H groups in total. The van der Waals surface area contributed by atoms with E-state index in [4.69, 9.17) is 0 Å². The zero-order valence-corrected chi connectivity index (χ0v) is 18.9. The fourth-order valence-electron chi connectivity index (χ4n) is 3.01. The van der Waals surface area contributed by atoms with E-state index in [1.165, 1.54) is 11.3 Å². The van der Waals surface area contributed by atoms with Gasteiger partial charge in [-0.05, 0) is 37.1 Å². The summed E-state index contributed by atoms with van der Waals surface area (Å²) in [5, 5.41) is 15.2. The lowest BCUT2D eigenvalue weighted by Gasteiger charge is -2.12. The molecule has 0 saturated heterocycles. The summed E-state index contributed by atoms with van der Waals surface area (Å²) in [6.45, 7) is 4.74. The molecule has 0 aliphatic heterocycles. The second kappa shape index (κ2) is 9.84. The summed E-state index contributed by atoms with van der Waals surface area (Å²) in [6.07, 6.45) is 4.42. The van der Waals surface area contributed by atoms with E-state index in [-0.39, 0.29) is 5.91 Å². The fraction of sp³-hybridized carbons (Fsp3) is 0.227. The number of benzene rings is 1. The van der Waals surface area contributed by atoms with Crippen LogP contribution in [0.5, 0.6) is 0 Å². The average molecular weight is 451 g/mol. The number of carbonyl (C=O) groups excluding carboxylic acids is 1. The van der Waals surface area contributed by atoms with Crippen LogP contribution in [0.15, 0.2) is 59.3 Å². The Kier molecular flexibility index (Phi) is 6.73. The van der Waals surface area contributed by atoms with Crippen LogP contribution in [0.25, 0.3) is 17.1 Å². The van der Waals surface area contributed by atoms with Gasteiger partial charge in [0, 0.05) is 29.9 Å². The molecular weight excluding hydrogens is 428 g/mol. The number of aromatic nitrogens is 5. The molecule has 7 nitrogen and oxygen atoms in total. The predicted molar refractivity (Wildman–Crippen MR) is 124 cm³/mol. The number of aryl methyl sites for hydroxylation is 1. The van der Waals surface area contributed by atoms with Crippen LogP contribution in [0.3, 0.4) is 0 Å². The Bertz CT molecular complexity index is 1170. The van der Waals surface area contributed by atoms with Crippen molar-refractivity contribution in [2.45, 2.75) is 31.2 Å². The third-order valence-electron chi connectivity index (χ3n) is 4.55. The molecule has 0 radical (unpaired) electrons. The molecule has 3 aromatic heterocycles. The van der Waals surface area contributed by atoms with Crippen LogP contribution in [0.4, 0.5) is 0 Å². The maximum atomic E-state index is 12.1. The number of thioether (sulfide) groups is 1. The normalized spacial score (nSPS) is 10.9. The number of pyridine rings is 1. The van der Waals surface area contributed by atoms with Crippen molar-refractivity contribution in [2.24, 2.45) is 0 Å². The van der Waals surface area contributed by atoms with Gasteiger partial charge in [-0.1, -0.05) is 36.9 Å². The number of amides is 1. The van der Waals surface area contributed by atoms with Crippen molar-refractivity contribution in [1.29, 1.82) is 0 Å². The molecule has 4 aromatic rings. The highest BCUT2D eigenvalue weighted by Gasteiger charge is 2.18. The average Bonchev–Trinajstić information content (AvgIpc) is 3.44. The minimum Gasteiger partial charge on any atom is -0.351 e. The van der Waals surface area contributed by atoms with Crippen molar-refractivity contribution >= 4 is 29.0 Å². The molecule has 0 fully saturated rings. The summed E-state index contributed by atoms with van der Waals surface area (Å²) in [7, 11) is 0. The Labute approximate surface area is 189 Å². The molecule has 0 spiro atoms. The zero-order chi connectivity index (χ0) is 21.6. The van der Waals surface area contributed by atoms with Gasteiger partial charge in [0.15, 0.2) is 11.0 Å². The third kappa shape index (κ3) is 4.83. The van der Waals surface area contributed by atoms with Crippen molar-refractivity contribution in [3.63, 3.8) is 0 Å². The first-order valence-electron chi connectivity index (χ1n) is 9.94.